The zero-order chi connectivity index (χ0) is 8.74. The third-order valence-corrected chi connectivity index (χ3v) is 1.53. The summed E-state index contributed by atoms with van der Waals surface area (Å²) >= 11 is 5.61. The molecule has 0 saturated heterocycles. The normalized spacial score (nSPS) is 12.0. The van der Waals surface area contributed by atoms with Crippen LogP contribution in [0.4, 0.5) is 0 Å². The van der Waals surface area contributed by atoms with E-state index >= 15 is 0 Å². The third kappa shape index (κ3) is 3.38. The van der Waals surface area contributed by atoms with Crippen molar-refractivity contribution >= 4 is 11.6 Å². The maximum absolute atomic E-state index is 5.61. The average molecular weight is 183 g/mol. The molecule has 3 nitrogen and oxygen atoms in total. The fraction of sp³-hybridized carbons (Fsp3) is 1.00. The number of hydrogen-bond donors (Lipinski definition) is 0. The molecule has 0 amide bonds. The summed E-state index contributed by atoms with van der Waals surface area (Å²) in [5, 5.41) is 0. The smallest absolute Gasteiger partial charge is 0.296 e. The quantitative estimate of drug-likeness (QED) is 0.461. The lowest BCUT2D eigenvalue weighted by Gasteiger charge is -2.28. The monoisotopic (exact) mass is 182 g/mol. The van der Waals surface area contributed by atoms with Crippen molar-refractivity contribution in [1.82, 2.24) is 0 Å². The number of alkyl halides is 1. The fourth-order valence-corrected chi connectivity index (χ4v) is 0.994. The maximum Gasteiger partial charge on any atom is 0.296 e. The second-order valence-corrected chi connectivity index (χ2v) is 2.15. The number of halogens is 1. The molecule has 11 heavy (non-hydrogen) atoms. The molecule has 0 rings (SSSR count). The molecular weight excluding hydrogens is 168 g/mol. The second-order valence-electron chi connectivity index (χ2n) is 1.89. The highest BCUT2D eigenvalue weighted by Gasteiger charge is 2.29. The number of hydrogen-bond acceptors (Lipinski definition) is 3. The summed E-state index contributed by atoms with van der Waals surface area (Å²) < 4.78 is 15.4. The number of methoxy groups -OCH3 is 1. The molecule has 0 radical (unpaired) electrons. The largest absolute Gasteiger partial charge is 0.330 e. The molecule has 0 unspecified atom stereocenters. The molecule has 0 aliphatic carbocycles. The molecule has 0 aromatic carbocycles. The van der Waals surface area contributed by atoms with Crippen molar-refractivity contribution in [2.45, 2.75) is 19.8 Å². The molecule has 0 saturated carbocycles. The number of ether oxygens (including phenoxy) is 3. The first kappa shape index (κ1) is 11.2. The molecule has 0 aromatic rings. The summed E-state index contributed by atoms with van der Waals surface area (Å²) in [7, 11) is 1.51. The molecule has 0 heterocycles. The van der Waals surface area contributed by atoms with Crippen LogP contribution < -0.4 is 0 Å². The predicted molar refractivity (Wildman–Crippen MR) is 43.7 cm³/mol. The molecule has 0 fully saturated rings. The molecule has 0 spiro atoms. The van der Waals surface area contributed by atoms with Crippen LogP contribution in [0.2, 0.25) is 0 Å². The van der Waals surface area contributed by atoms with Gasteiger partial charge in [0.05, 0.1) is 0 Å². The van der Waals surface area contributed by atoms with Crippen molar-refractivity contribution in [1.29, 1.82) is 0 Å². The highest BCUT2D eigenvalue weighted by atomic mass is 35.5. The molecule has 68 valence electrons. The summed E-state index contributed by atoms with van der Waals surface area (Å²) in [5.74, 6) is -0.879. The molecular formula is C7H15ClO3. The van der Waals surface area contributed by atoms with Crippen LogP contribution >= 0.6 is 11.6 Å². The van der Waals surface area contributed by atoms with Gasteiger partial charge in [-0.1, -0.05) is 0 Å². The zero-order valence-corrected chi connectivity index (χ0v) is 7.98. The minimum absolute atomic E-state index is 0.172. The fourth-order valence-electron chi connectivity index (χ4n) is 0.731. The van der Waals surface area contributed by atoms with E-state index in [0.717, 1.165) is 0 Å². The Hall–Kier alpha value is 0.170. The summed E-state index contributed by atoms with van der Waals surface area (Å²) in [6.45, 7) is 4.75. The third-order valence-electron chi connectivity index (χ3n) is 1.20. The van der Waals surface area contributed by atoms with E-state index in [4.69, 9.17) is 25.8 Å². The van der Waals surface area contributed by atoms with Gasteiger partial charge in [0.1, 0.15) is 5.88 Å². The Bertz CT molecular complexity index is 85.7. The van der Waals surface area contributed by atoms with Gasteiger partial charge in [-0.05, 0) is 13.8 Å². The molecule has 0 aliphatic rings. The van der Waals surface area contributed by atoms with Crippen LogP contribution in [0.15, 0.2) is 0 Å². The summed E-state index contributed by atoms with van der Waals surface area (Å²) in [6, 6.07) is 0. The van der Waals surface area contributed by atoms with E-state index in [1.165, 1.54) is 7.11 Å². The van der Waals surface area contributed by atoms with Crippen LogP contribution in [0.3, 0.4) is 0 Å². The van der Waals surface area contributed by atoms with Gasteiger partial charge in [-0.15, -0.1) is 11.6 Å². The van der Waals surface area contributed by atoms with Gasteiger partial charge in [0.25, 0.3) is 5.97 Å². The lowest BCUT2D eigenvalue weighted by molar-refractivity contribution is -0.354. The first-order valence-electron chi connectivity index (χ1n) is 3.63. The van der Waals surface area contributed by atoms with E-state index in [2.05, 4.69) is 0 Å². The van der Waals surface area contributed by atoms with Crippen LogP contribution in [-0.4, -0.2) is 32.2 Å². The highest BCUT2D eigenvalue weighted by molar-refractivity contribution is 6.18. The number of rotatable bonds is 6. The lowest BCUT2D eigenvalue weighted by Crippen LogP contribution is -2.40. The van der Waals surface area contributed by atoms with Crippen molar-refractivity contribution in [2.75, 3.05) is 26.2 Å². The highest BCUT2D eigenvalue weighted by Crippen LogP contribution is 2.15. The van der Waals surface area contributed by atoms with Gasteiger partial charge >= 0.3 is 0 Å². The van der Waals surface area contributed by atoms with Gasteiger partial charge in [0, 0.05) is 20.3 Å². The van der Waals surface area contributed by atoms with E-state index in [9.17, 15) is 0 Å². The van der Waals surface area contributed by atoms with Gasteiger partial charge in [-0.3, -0.25) is 0 Å². The van der Waals surface area contributed by atoms with Crippen LogP contribution in [0.25, 0.3) is 0 Å². The lowest BCUT2D eigenvalue weighted by atomic mass is 10.6. The standard InChI is InChI=1S/C7H15ClO3/c1-4-10-7(6-8,9-3)11-5-2/h4-6H2,1-3H3. The first-order chi connectivity index (χ1) is 5.24. The van der Waals surface area contributed by atoms with Crippen LogP contribution in [0, 0.1) is 0 Å². The summed E-state index contributed by atoms with van der Waals surface area (Å²) in [4.78, 5) is 0. The maximum atomic E-state index is 5.61. The minimum atomic E-state index is -1.05. The Morgan fingerprint density at radius 1 is 1.18 bits per heavy atom. The predicted octanol–water partition coefficient (Wildman–Crippen LogP) is 1.60. The topological polar surface area (TPSA) is 27.7 Å². The Kier molecular flexibility index (Phi) is 5.86. The van der Waals surface area contributed by atoms with Crippen LogP contribution in [0.1, 0.15) is 13.8 Å². The van der Waals surface area contributed by atoms with E-state index in [1.54, 1.807) is 0 Å². The van der Waals surface area contributed by atoms with E-state index in [0.29, 0.717) is 13.2 Å². The first-order valence-corrected chi connectivity index (χ1v) is 4.17. The molecule has 0 aliphatic heterocycles. The van der Waals surface area contributed by atoms with Crippen LogP contribution in [0.5, 0.6) is 0 Å². The molecule has 4 heteroatoms. The molecule has 0 N–H and O–H groups in total. The summed E-state index contributed by atoms with van der Waals surface area (Å²) in [6.07, 6.45) is 0. The van der Waals surface area contributed by atoms with Crippen molar-refractivity contribution in [3.8, 4) is 0 Å². The second kappa shape index (κ2) is 5.77. The SMILES string of the molecule is CCOC(CCl)(OC)OCC. The van der Waals surface area contributed by atoms with Gasteiger partial charge in [0.2, 0.25) is 0 Å². The van der Waals surface area contributed by atoms with Crippen molar-refractivity contribution < 1.29 is 14.2 Å². The minimum Gasteiger partial charge on any atom is -0.330 e. The van der Waals surface area contributed by atoms with Gasteiger partial charge in [-0.25, -0.2) is 0 Å². The van der Waals surface area contributed by atoms with Gasteiger partial charge in [0.15, 0.2) is 0 Å². The Balaban J connectivity index is 3.96. The van der Waals surface area contributed by atoms with E-state index < -0.39 is 5.97 Å². The Labute approximate surface area is 72.6 Å². The van der Waals surface area contributed by atoms with E-state index in [1.807, 2.05) is 13.8 Å². The zero-order valence-electron chi connectivity index (χ0n) is 7.22. The molecule has 0 bridgehead atoms. The van der Waals surface area contributed by atoms with Gasteiger partial charge < -0.3 is 14.2 Å². The summed E-state index contributed by atoms with van der Waals surface area (Å²) in [5.41, 5.74) is 0. The van der Waals surface area contributed by atoms with Crippen LogP contribution in [-0.2, 0) is 14.2 Å². The Morgan fingerprint density at radius 3 is 1.82 bits per heavy atom. The van der Waals surface area contributed by atoms with Gasteiger partial charge in [-0.2, -0.15) is 0 Å². The van der Waals surface area contributed by atoms with Crippen molar-refractivity contribution in [3.05, 3.63) is 0 Å². The van der Waals surface area contributed by atoms with Crippen molar-refractivity contribution in [3.63, 3.8) is 0 Å². The van der Waals surface area contributed by atoms with E-state index in [-0.39, 0.29) is 5.88 Å². The van der Waals surface area contributed by atoms with Crippen molar-refractivity contribution in [2.24, 2.45) is 0 Å². The Morgan fingerprint density at radius 2 is 1.64 bits per heavy atom. The molecule has 0 aromatic heterocycles. The average Bonchev–Trinajstić information content (AvgIpc) is 2.04. The molecule has 0 atom stereocenters.